The molecular formula is C10H14ClN3O2. The van der Waals surface area contributed by atoms with Crippen LogP contribution >= 0.6 is 12.4 Å². The monoisotopic (exact) mass is 243 g/mol. The fourth-order valence-corrected chi connectivity index (χ4v) is 1.93. The molecule has 0 saturated carbocycles. The molecule has 1 saturated heterocycles. The van der Waals surface area contributed by atoms with E-state index in [0.717, 1.165) is 17.9 Å². The average molecular weight is 244 g/mol. The Morgan fingerprint density at radius 3 is 2.75 bits per heavy atom. The van der Waals surface area contributed by atoms with Crippen molar-refractivity contribution < 1.29 is 9.47 Å². The first-order valence-electron chi connectivity index (χ1n) is 4.99. The molecule has 0 amide bonds. The van der Waals surface area contributed by atoms with E-state index in [-0.39, 0.29) is 24.6 Å². The summed E-state index contributed by atoms with van der Waals surface area (Å²) in [4.78, 5) is 0. The Hall–Kier alpha value is -1.01. The summed E-state index contributed by atoms with van der Waals surface area (Å²) in [5.41, 5.74) is 13.0. The Kier molecular flexibility index (Phi) is 3.20. The van der Waals surface area contributed by atoms with Crippen LogP contribution in [0.4, 0.5) is 0 Å². The largest absolute Gasteiger partial charge is 0.454 e. The number of nitrogens with one attached hydrogen (secondary N) is 2. The summed E-state index contributed by atoms with van der Waals surface area (Å²) >= 11 is 0. The Bertz CT molecular complexity index is 388. The molecule has 0 bridgehead atoms. The lowest BCUT2D eigenvalue weighted by Crippen LogP contribution is -2.36. The van der Waals surface area contributed by atoms with Gasteiger partial charge in [-0.05, 0) is 24.1 Å². The van der Waals surface area contributed by atoms with Crippen molar-refractivity contribution in [3.8, 4) is 11.5 Å². The fourth-order valence-electron chi connectivity index (χ4n) is 1.93. The van der Waals surface area contributed by atoms with E-state index in [1.165, 1.54) is 5.56 Å². The molecule has 0 spiro atoms. The summed E-state index contributed by atoms with van der Waals surface area (Å²) in [5.74, 6) is 1.63. The van der Waals surface area contributed by atoms with Crippen LogP contribution < -0.4 is 26.1 Å². The zero-order valence-corrected chi connectivity index (χ0v) is 9.42. The summed E-state index contributed by atoms with van der Waals surface area (Å²) in [6.45, 7) is 0.314. The number of hydrogen-bond donors (Lipinski definition) is 3. The van der Waals surface area contributed by atoms with E-state index in [1.54, 1.807) is 0 Å². The molecule has 16 heavy (non-hydrogen) atoms. The van der Waals surface area contributed by atoms with Gasteiger partial charge in [0.2, 0.25) is 6.79 Å². The topological polar surface area (TPSA) is 68.5 Å². The maximum Gasteiger partial charge on any atom is 0.231 e. The molecule has 6 heteroatoms. The second-order valence-electron chi connectivity index (χ2n) is 3.80. The molecule has 2 aliphatic heterocycles. The average Bonchev–Trinajstić information content (AvgIpc) is 2.84. The third-order valence-corrected chi connectivity index (χ3v) is 2.73. The summed E-state index contributed by atoms with van der Waals surface area (Å²) in [6.07, 6.45) is 0.889. The van der Waals surface area contributed by atoms with Gasteiger partial charge >= 0.3 is 0 Å². The predicted octanol–water partition coefficient (Wildman–Crippen LogP) is 0.661. The van der Waals surface area contributed by atoms with Gasteiger partial charge in [-0.3, -0.25) is 0 Å². The lowest BCUT2D eigenvalue weighted by Gasteiger charge is -2.09. The van der Waals surface area contributed by atoms with Gasteiger partial charge in [0, 0.05) is 6.04 Å². The predicted molar refractivity (Wildman–Crippen MR) is 61.4 cm³/mol. The van der Waals surface area contributed by atoms with Crippen molar-refractivity contribution in [2.24, 2.45) is 5.73 Å². The van der Waals surface area contributed by atoms with E-state index >= 15 is 0 Å². The number of fused-ring (bicyclic) bond motifs is 1. The first-order valence-corrected chi connectivity index (χ1v) is 4.99. The third kappa shape index (κ3) is 1.94. The molecule has 0 aliphatic carbocycles. The number of nitrogens with two attached hydrogens (primary N) is 1. The minimum Gasteiger partial charge on any atom is -0.454 e. The smallest absolute Gasteiger partial charge is 0.231 e. The maximum absolute atomic E-state index is 5.75. The molecule has 1 fully saturated rings. The quantitative estimate of drug-likeness (QED) is 0.676. The third-order valence-electron chi connectivity index (χ3n) is 2.73. The van der Waals surface area contributed by atoms with E-state index in [4.69, 9.17) is 15.2 Å². The molecule has 1 aromatic carbocycles. The highest BCUT2D eigenvalue weighted by Crippen LogP contribution is 2.35. The minimum absolute atomic E-state index is 0. The molecular weight excluding hydrogens is 230 g/mol. The highest BCUT2D eigenvalue weighted by Gasteiger charge is 2.24. The van der Waals surface area contributed by atoms with Crippen molar-refractivity contribution in [2.75, 3.05) is 6.79 Å². The van der Waals surface area contributed by atoms with Crippen molar-refractivity contribution in [1.29, 1.82) is 0 Å². The molecule has 0 aromatic heterocycles. The Labute approximate surface area is 99.7 Å². The molecule has 3 rings (SSSR count). The fraction of sp³-hybridized carbons (Fsp3) is 0.400. The van der Waals surface area contributed by atoms with Crippen LogP contribution in [0.5, 0.6) is 11.5 Å². The second kappa shape index (κ2) is 4.47. The highest BCUT2D eigenvalue weighted by atomic mass is 35.5. The van der Waals surface area contributed by atoms with Crippen molar-refractivity contribution in [2.45, 2.75) is 18.6 Å². The van der Waals surface area contributed by atoms with Crippen LogP contribution in [0.2, 0.25) is 0 Å². The van der Waals surface area contributed by atoms with Crippen LogP contribution in [-0.2, 0) is 0 Å². The van der Waals surface area contributed by atoms with Crippen molar-refractivity contribution in [3.63, 3.8) is 0 Å². The minimum atomic E-state index is 0. The lowest BCUT2D eigenvalue weighted by atomic mass is 10.0. The van der Waals surface area contributed by atoms with Crippen LogP contribution in [0, 0.1) is 0 Å². The van der Waals surface area contributed by atoms with Gasteiger partial charge in [-0.15, -0.1) is 12.4 Å². The molecule has 1 aromatic rings. The number of hydrogen-bond acceptors (Lipinski definition) is 5. The van der Waals surface area contributed by atoms with E-state index in [2.05, 4.69) is 10.9 Å². The standard InChI is InChI=1S/C10H13N3O2.ClH/c11-10-4-7(12-13-10)6-1-2-8-9(3-6)15-5-14-8;/h1-3,7,10,12-13H,4-5,11H2;1H. The Morgan fingerprint density at radius 1 is 1.19 bits per heavy atom. The van der Waals surface area contributed by atoms with Crippen LogP contribution in [0.3, 0.4) is 0 Å². The van der Waals surface area contributed by atoms with Crippen LogP contribution in [-0.4, -0.2) is 13.0 Å². The van der Waals surface area contributed by atoms with Crippen LogP contribution in [0.1, 0.15) is 18.0 Å². The number of rotatable bonds is 1. The molecule has 2 unspecified atom stereocenters. The van der Waals surface area contributed by atoms with Gasteiger partial charge in [-0.2, -0.15) is 0 Å². The molecule has 2 aliphatic rings. The van der Waals surface area contributed by atoms with Crippen LogP contribution in [0.15, 0.2) is 18.2 Å². The van der Waals surface area contributed by atoms with Gasteiger partial charge in [-0.1, -0.05) is 6.07 Å². The van der Waals surface area contributed by atoms with E-state index in [0.29, 0.717) is 6.79 Å². The maximum atomic E-state index is 5.75. The summed E-state index contributed by atoms with van der Waals surface area (Å²) in [6, 6.07) is 6.21. The zero-order valence-electron chi connectivity index (χ0n) is 8.60. The van der Waals surface area contributed by atoms with Gasteiger partial charge in [0.05, 0.1) is 6.17 Å². The van der Waals surface area contributed by atoms with E-state index < -0.39 is 0 Å². The number of benzene rings is 1. The first kappa shape index (κ1) is 11.5. The summed E-state index contributed by atoms with van der Waals surface area (Å²) < 4.78 is 10.6. The Balaban J connectivity index is 0.000000963. The molecule has 5 nitrogen and oxygen atoms in total. The van der Waals surface area contributed by atoms with Crippen molar-refractivity contribution >= 4 is 12.4 Å². The number of hydrazine groups is 1. The number of halogens is 1. The van der Waals surface area contributed by atoms with Gasteiger partial charge in [0.15, 0.2) is 11.5 Å². The molecule has 88 valence electrons. The molecule has 2 atom stereocenters. The van der Waals surface area contributed by atoms with Gasteiger partial charge in [0.1, 0.15) is 0 Å². The SMILES string of the molecule is Cl.NC1CC(c2ccc3c(c2)OCO3)NN1. The first-order chi connectivity index (χ1) is 7.33. The van der Waals surface area contributed by atoms with Crippen molar-refractivity contribution in [1.82, 2.24) is 10.9 Å². The summed E-state index contributed by atoms with van der Waals surface area (Å²) in [5, 5.41) is 0. The van der Waals surface area contributed by atoms with Gasteiger partial charge in [0.25, 0.3) is 0 Å². The normalized spacial score (nSPS) is 26.6. The number of ether oxygens (including phenoxy) is 2. The van der Waals surface area contributed by atoms with Crippen LogP contribution in [0.25, 0.3) is 0 Å². The van der Waals surface area contributed by atoms with Gasteiger partial charge in [-0.25, -0.2) is 10.9 Å². The second-order valence-corrected chi connectivity index (χ2v) is 3.80. The summed E-state index contributed by atoms with van der Waals surface area (Å²) in [7, 11) is 0. The van der Waals surface area contributed by atoms with E-state index in [9.17, 15) is 0 Å². The molecule has 2 heterocycles. The molecule has 0 radical (unpaired) electrons. The van der Waals surface area contributed by atoms with E-state index in [1.807, 2.05) is 18.2 Å². The zero-order chi connectivity index (χ0) is 10.3. The van der Waals surface area contributed by atoms with Gasteiger partial charge < -0.3 is 15.2 Å². The lowest BCUT2D eigenvalue weighted by molar-refractivity contribution is 0.174. The van der Waals surface area contributed by atoms with Crippen molar-refractivity contribution in [3.05, 3.63) is 23.8 Å². The highest BCUT2D eigenvalue weighted by molar-refractivity contribution is 5.85. The molecule has 4 N–H and O–H groups in total. The Morgan fingerprint density at radius 2 is 2.00 bits per heavy atom.